The van der Waals surface area contributed by atoms with Gasteiger partial charge >= 0.3 is 0 Å². The van der Waals surface area contributed by atoms with E-state index in [0.29, 0.717) is 5.92 Å². The number of rotatable bonds is 2. The van der Waals surface area contributed by atoms with Gasteiger partial charge in [-0.2, -0.15) is 0 Å². The van der Waals surface area contributed by atoms with Crippen molar-refractivity contribution in [3.8, 4) is 0 Å². The van der Waals surface area contributed by atoms with Crippen LogP contribution < -0.4 is 0 Å². The van der Waals surface area contributed by atoms with Crippen molar-refractivity contribution < 1.29 is 0 Å². The second-order valence-electron chi connectivity index (χ2n) is 6.18. The zero-order valence-corrected chi connectivity index (χ0v) is 14.0. The predicted molar refractivity (Wildman–Crippen MR) is 97.0 cm³/mol. The summed E-state index contributed by atoms with van der Waals surface area (Å²) in [6.45, 7) is 4.78. The summed E-state index contributed by atoms with van der Waals surface area (Å²) in [5.74, 6) is 0.370. The Morgan fingerprint density at radius 3 is 2.45 bits per heavy atom. The standard InChI is InChI=1S/C20H19NSi/c1-22(2)17-13-12-16-19(17)18(14-8-6-7-9-14)20(21-16)15-10-4-3-5-11-15/h3-12,14H,13H2,1-2H3. The molecule has 1 aliphatic heterocycles. The third kappa shape index (κ3) is 2.06. The van der Waals surface area contributed by atoms with Gasteiger partial charge in [0, 0.05) is 25.5 Å². The van der Waals surface area contributed by atoms with Crippen LogP contribution in [0.2, 0.25) is 13.1 Å². The number of hydrogen-bond acceptors (Lipinski definition) is 1. The first kappa shape index (κ1) is 13.6. The van der Waals surface area contributed by atoms with Crippen LogP contribution in [0.4, 0.5) is 0 Å². The molecular formula is C20H19NSi. The molecule has 1 aromatic carbocycles. The Hall–Kier alpha value is -2.06. The van der Waals surface area contributed by atoms with E-state index in [9.17, 15) is 0 Å². The van der Waals surface area contributed by atoms with Crippen LogP contribution in [0.25, 0.3) is 0 Å². The highest BCUT2D eigenvalue weighted by atomic mass is 28.2. The molecular weight excluding hydrogens is 282 g/mol. The molecule has 1 heterocycles. The lowest BCUT2D eigenvalue weighted by Gasteiger charge is -2.15. The summed E-state index contributed by atoms with van der Waals surface area (Å²) in [5.41, 5.74) is 6.49. The molecule has 0 bridgehead atoms. The van der Waals surface area contributed by atoms with Crippen LogP contribution in [-0.2, 0) is 0 Å². The summed E-state index contributed by atoms with van der Waals surface area (Å²) in [4.78, 5) is 5.01. The highest BCUT2D eigenvalue weighted by molar-refractivity contribution is 6.73. The maximum Gasteiger partial charge on any atom is 0.0757 e. The molecule has 1 aromatic rings. The summed E-state index contributed by atoms with van der Waals surface area (Å²) in [6, 6.07) is 10.6. The molecule has 0 radical (unpaired) electrons. The Labute approximate surface area is 133 Å². The Kier molecular flexibility index (Phi) is 3.27. The van der Waals surface area contributed by atoms with Crippen LogP contribution in [0.5, 0.6) is 0 Å². The average molecular weight is 301 g/mol. The summed E-state index contributed by atoms with van der Waals surface area (Å²) < 4.78 is 0. The number of allylic oxidation sites excluding steroid dienone is 7. The number of aliphatic imine (C=N–C) groups is 1. The van der Waals surface area contributed by atoms with Crippen molar-refractivity contribution in [2.45, 2.75) is 19.5 Å². The summed E-state index contributed by atoms with van der Waals surface area (Å²) in [5, 5.41) is 1.64. The van der Waals surface area contributed by atoms with E-state index in [0.717, 1.165) is 6.42 Å². The fourth-order valence-electron chi connectivity index (χ4n) is 3.48. The lowest BCUT2D eigenvalue weighted by molar-refractivity contribution is 1.04. The second kappa shape index (κ2) is 5.29. The topological polar surface area (TPSA) is 12.4 Å². The predicted octanol–water partition coefficient (Wildman–Crippen LogP) is 4.32. The Morgan fingerprint density at radius 1 is 1.05 bits per heavy atom. The lowest BCUT2D eigenvalue weighted by Crippen LogP contribution is -2.15. The van der Waals surface area contributed by atoms with Gasteiger partial charge in [0.15, 0.2) is 0 Å². The first-order chi connectivity index (χ1) is 10.8. The zero-order chi connectivity index (χ0) is 15.1. The van der Waals surface area contributed by atoms with Crippen molar-refractivity contribution >= 4 is 19.3 Å². The van der Waals surface area contributed by atoms with Crippen molar-refractivity contribution in [1.82, 2.24) is 0 Å². The van der Waals surface area contributed by atoms with Crippen molar-refractivity contribution in [2.75, 3.05) is 0 Å². The molecule has 0 unspecified atom stereocenters. The molecule has 108 valence electrons. The Morgan fingerprint density at radius 2 is 1.77 bits per heavy atom. The van der Waals surface area contributed by atoms with Gasteiger partial charge in [-0.1, -0.05) is 79.0 Å². The zero-order valence-electron chi connectivity index (χ0n) is 13.0. The van der Waals surface area contributed by atoms with Crippen molar-refractivity contribution in [3.63, 3.8) is 0 Å². The maximum absolute atomic E-state index is 5.01. The summed E-state index contributed by atoms with van der Waals surface area (Å²) in [7, 11) is -0.446. The number of nitrogens with zero attached hydrogens (tertiary/aromatic N) is 1. The molecule has 0 fully saturated rings. The van der Waals surface area contributed by atoms with E-state index in [1.54, 1.807) is 5.17 Å². The molecule has 1 nitrogen and oxygen atoms in total. The number of benzene rings is 1. The molecule has 0 spiro atoms. The van der Waals surface area contributed by atoms with Gasteiger partial charge in [-0.25, -0.2) is 4.99 Å². The monoisotopic (exact) mass is 301 g/mol. The van der Waals surface area contributed by atoms with Gasteiger partial charge in [0.1, 0.15) is 0 Å². The average Bonchev–Trinajstić information content (AvgIpc) is 3.23. The van der Waals surface area contributed by atoms with Crippen LogP contribution in [0, 0.1) is 5.92 Å². The van der Waals surface area contributed by atoms with Crippen LogP contribution >= 0.6 is 0 Å². The second-order valence-corrected chi connectivity index (χ2v) is 8.79. The first-order valence-electron chi connectivity index (χ1n) is 7.86. The number of hydrogen-bond donors (Lipinski definition) is 0. The van der Waals surface area contributed by atoms with E-state index in [2.05, 4.69) is 73.8 Å². The quantitative estimate of drug-likeness (QED) is 0.721. The molecule has 4 rings (SSSR count). The SMILES string of the molecule is C[Si](C)=C1CC=C2N=C(c3ccccc3)C(C3C=CC=C3)=C21. The fraction of sp³-hybridized carbons (Fsp3) is 0.200. The molecule has 0 saturated carbocycles. The Bertz CT molecular complexity index is 801. The summed E-state index contributed by atoms with van der Waals surface area (Å²) >= 11 is 0. The van der Waals surface area contributed by atoms with Crippen LogP contribution in [0.3, 0.4) is 0 Å². The highest BCUT2D eigenvalue weighted by Crippen LogP contribution is 2.39. The third-order valence-corrected chi connectivity index (χ3v) is 6.21. The van der Waals surface area contributed by atoms with Gasteiger partial charge < -0.3 is 0 Å². The van der Waals surface area contributed by atoms with Crippen LogP contribution in [0.1, 0.15) is 12.0 Å². The minimum atomic E-state index is -0.446. The van der Waals surface area contributed by atoms with Gasteiger partial charge in [-0.05, 0) is 12.0 Å². The molecule has 22 heavy (non-hydrogen) atoms. The molecule has 0 atom stereocenters. The Balaban J connectivity index is 1.93. The summed E-state index contributed by atoms with van der Waals surface area (Å²) in [6.07, 6.45) is 12.3. The molecule has 0 amide bonds. The molecule has 0 aromatic heterocycles. The molecule has 2 aliphatic carbocycles. The maximum atomic E-state index is 5.01. The largest absolute Gasteiger partial charge is 0.248 e. The van der Waals surface area contributed by atoms with E-state index in [1.165, 1.54) is 28.1 Å². The van der Waals surface area contributed by atoms with E-state index in [4.69, 9.17) is 4.99 Å². The van der Waals surface area contributed by atoms with Gasteiger partial charge in [0.05, 0.1) is 11.4 Å². The minimum absolute atomic E-state index is 0.370. The minimum Gasteiger partial charge on any atom is -0.248 e. The lowest BCUT2D eigenvalue weighted by atomic mass is 9.89. The van der Waals surface area contributed by atoms with Crippen molar-refractivity contribution in [3.05, 3.63) is 83.1 Å². The van der Waals surface area contributed by atoms with Crippen molar-refractivity contribution in [2.24, 2.45) is 10.9 Å². The third-order valence-electron chi connectivity index (χ3n) is 4.55. The van der Waals surface area contributed by atoms with E-state index in [-0.39, 0.29) is 0 Å². The molecule has 3 aliphatic rings. The normalized spacial score (nSPS) is 19.8. The van der Waals surface area contributed by atoms with Crippen LogP contribution in [-0.4, -0.2) is 19.3 Å². The number of fused-ring (bicyclic) bond motifs is 1. The van der Waals surface area contributed by atoms with E-state index < -0.39 is 8.41 Å². The molecule has 0 saturated heterocycles. The smallest absolute Gasteiger partial charge is 0.0757 e. The van der Waals surface area contributed by atoms with Crippen molar-refractivity contribution in [1.29, 1.82) is 0 Å². The van der Waals surface area contributed by atoms with Gasteiger partial charge in [-0.15, -0.1) is 0 Å². The fourth-order valence-corrected chi connectivity index (χ4v) is 4.75. The van der Waals surface area contributed by atoms with Crippen LogP contribution in [0.15, 0.2) is 82.5 Å². The first-order valence-corrected chi connectivity index (χ1v) is 10.4. The van der Waals surface area contributed by atoms with Gasteiger partial charge in [0.25, 0.3) is 0 Å². The molecule has 2 heteroatoms. The van der Waals surface area contributed by atoms with Gasteiger partial charge in [0.2, 0.25) is 0 Å². The van der Waals surface area contributed by atoms with E-state index in [1.807, 2.05) is 0 Å². The van der Waals surface area contributed by atoms with E-state index >= 15 is 0 Å². The molecule has 0 N–H and O–H groups in total. The van der Waals surface area contributed by atoms with Gasteiger partial charge in [-0.3, -0.25) is 0 Å². The highest BCUT2D eigenvalue weighted by Gasteiger charge is 2.33.